The molecule has 0 aromatic heterocycles. The van der Waals surface area contributed by atoms with Gasteiger partial charge in [-0.15, -0.1) is 0 Å². The molecule has 4 heteroatoms. The summed E-state index contributed by atoms with van der Waals surface area (Å²) in [6.07, 6.45) is -2.44. The van der Waals surface area contributed by atoms with Crippen molar-refractivity contribution in [1.29, 1.82) is 0 Å². The Kier molecular flexibility index (Phi) is 3.06. The van der Waals surface area contributed by atoms with Crippen molar-refractivity contribution in [2.45, 2.75) is 31.7 Å². The maximum atomic E-state index is 9.36. The number of aliphatic hydroxyl groups excluding tert-OH is 4. The fraction of sp³-hybridized carbons (Fsp3) is 1.00. The predicted octanol–water partition coefficient (Wildman–Crippen LogP) is -1.28. The lowest BCUT2D eigenvalue weighted by Crippen LogP contribution is -2.51. The molecule has 0 amide bonds. The zero-order chi connectivity index (χ0) is 9.30. The van der Waals surface area contributed by atoms with E-state index in [1.165, 1.54) is 0 Å². The van der Waals surface area contributed by atoms with Gasteiger partial charge in [0.15, 0.2) is 0 Å². The SMILES string of the molecule is CC1C[C@H](CO)[C@@H](O)[C@H](O)[C@H]1O. The van der Waals surface area contributed by atoms with E-state index in [2.05, 4.69) is 0 Å². The van der Waals surface area contributed by atoms with Crippen molar-refractivity contribution in [1.82, 2.24) is 0 Å². The summed E-state index contributed by atoms with van der Waals surface area (Å²) >= 11 is 0. The van der Waals surface area contributed by atoms with E-state index in [0.29, 0.717) is 6.42 Å². The van der Waals surface area contributed by atoms with Crippen molar-refractivity contribution in [2.75, 3.05) is 6.61 Å². The summed E-state index contributed by atoms with van der Waals surface area (Å²) in [5.41, 5.74) is 0. The molecule has 5 atom stereocenters. The lowest BCUT2D eigenvalue weighted by molar-refractivity contribution is -0.138. The summed E-state index contributed by atoms with van der Waals surface area (Å²) in [5, 5.41) is 36.8. The Hall–Kier alpha value is -0.160. The second-order valence-corrected chi connectivity index (χ2v) is 3.63. The van der Waals surface area contributed by atoms with Gasteiger partial charge in [-0.1, -0.05) is 6.92 Å². The van der Waals surface area contributed by atoms with Gasteiger partial charge in [-0.2, -0.15) is 0 Å². The van der Waals surface area contributed by atoms with Gasteiger partial charge in [-0.3, -0.25) is 0 Å². The smallest absolute Gasteiger partial charge is 0.106 e. The van der Waals surface area contributed by atoms with Crippen LogP contribution in [0.2, 0.25) is 0 Å². The standard InChI is InChI=1S/C8H16O4/c1-4-2-5(3-9)7(11)8(12)6(4)10/h4-12H,2-3H2,1H3/t4?,5-,6+,7-,8-/m1/s1. The first-order valence-electron chi connectivity index (χ1n) is 4.23. The average molecular weight is 176 g/mol. The molecular weight excluding hydrogens is 160 g/mol. The van der Waals surface area contributed by atoms with Crippen LogP contribution in [-0.4, -0.2) is 45.3 Å². The van der Waals surface area contributed by atoms with Gasteiger partial charge in [-0.25, -0.2) is 0 Å². The third-order valence-electron chi connectivity index (χ3n) is 2.67. The molecular formula is C8H16O4. The van der Waals surface area contributed by atoms with Crippen LogP contribution in [0.25, 0.3) is 0 Å². The van der Waals surface area contributed by atoms with Crippen LogP contribution in [-0.2, 0) is 0 Å². The van der Waals surface area contributed by atoms with E-state index in [9.17, 15) is 15.3 Å². The van der Waals surface area contributed by atoms with Crippen molar-refractivity contribution in [3.8, 4) is 0 Å². The van der Waals surface area contributed by atoms with E-state index in [1.54, 1.807) is 6.92 Å². The van der Waals surface area contributed by atoms with Crippen LogP contribution in [0.1, 0.15) is 13.3 Å². The number of hydrogen-bond donors (Lipinski definition) is 4. The minimum Gasteiger partial charge on any atom is -0.396 e. The van der Waals surface area contributed by atoms with Crippen molar-refractivity contribution in [3.63, 3.8) is 0 Å². The molecule has 0 heterocycles. The summed E-state index contributed by atoms with van der Waals surface area (Å²) in [5.74, 6) is -0.376. The van der Waals surface area contributed by atoms with Gasteiger partial charge < -0.3 is 20.4 Å². The Bertz CT molecular complexity index is 145. The molecule has 1 fully saturated rings. The Labute approximate surface area is 71.5 Å². The van der Waals surface area contributed by atoms with E-state index in [-0.39, 0.29) is 18.4 Å². The minimum absolute atomic E-state index is 0.0689. The van der Waals surface area contributed by atoms with E-state index in [4.69, 9.17) is 5.11 Å². The quantitative estimate of drug-likeness (QED) is 0.401. The van der Waals surface area contributed by atoms with E-state index < -0.39 is 18.3 Å². The summed E-state index contributed by atoms with van der Waals surface area (Å²) in [7, 11) is 0. The lowest BCUT2D eigenvalue weighted by Gasteiger charge is -2.38. The number of rotatable bonds is 1. The molecule has 0 aliphatic heterocycles. The first kappa shape index (κ1) is 9.92. The fourth-order valence-corrected chi connectivity index (χ4v) is 1.76. The summed E-state index contributed by atoms with van der Waals surface area (Å²) in [6.45, 7) is 1.65. The normalized spacial score (nSPS) is 49.2. The molecule has 4 nitrogen and oxygen atoms in total. The number of aliphatic hydroxyl groups is 4. The zero-order valence-corrected chi connectivity index (χ0v) is 7.09. The third kappa shape index (κ3) is 1.61. The van der Waals surface area contributed by atoms with Crippen molar-refractivity contribution in [2.24, 2.45) is 11.8 Å². The molecule has 0 bridgehead atoms. The maximum Gasteiger partial charge on any atom is 0.106 e. The molecule has 0 saturated heterocycles. The van der Waals surface area contributed by atoms with Gasteiger partial charge in [0.05, 0.1) is 12.2 Å². The molecule has 0 aromatic carbocycles. The van der Waals surface area contributed by atoms with Crippen LogP contribution in [0.5, 0.6) is 0 Å². The molecule has 1 aliphatic rings. The lowest BCUT2D eigenvalue weighted by atomic mass is 9.77. The second-order valence-electron chi connectivity index (χ2n) is 3.63. The molecule has 1 rings (SSSR count). The first-order valence-corrected chi connectivity index (χ1v) is 4.23. The molecule has 1 saturated carbocycles. The van der Waals surface area contributed by atoms with Crippen molar-refractivity contribution < 1.29 is 20.4 Å². The summed E-state index contributed by atoms with van der Waals surface area (Å²) in [6, 6.07) is 0. The maximum absolute atomic E-state index is 9.36. The monoisotopic (exact) mass is 176 g/mol. The van der Waals surface area contributed by atoms with Crippen LogP contribution in [0.4, 0.5) is 0 Å². The van der Waals surface area contributed by atoms with Crippen molar-refractivity contribution in [3.05, 3.63) is 0 Å². The van der Waals surface area contributed by atoms with Crippen molar-refractivity contribution >= 4 is 0 Å². The Morgan fingerprint density at radius 2 is 1.67 bits per heavy atom. The van der Waals surface area contributed by atoms with Crippen LogP contribution >= 0.6 is 0 Å². The fourth-order valence-electron chi connectivity index (χ4n) is 1.76. The molecule has 12 heavy (non-hydrogen) atoms. The van der Waals surface area contributed by atoms with E-state index in [1.807, 2.05) is 0 Å². The van der Waals surface area contributed by atoms with Gasteiger partial charge in [0, 0.05) is 12.5 Å². The Balaban J connectivity index is 2.63. The topological polar surface area (TPSA) is 80.9 Å². The summed E-state index contributed by atoms with van der Waals surface area (Å²) < 4.78 is 0. The van der Waals surface area contributed by atoms with Crippen LogP contribution in [0.15, 0.2) is 0 Å². The highest BCUT2D eigenvalue weighted by Gasteiger charge is 2.40. The van der Waals surface area contributed by atoms with Gasteiger partial charge in [0.1, 0.15) is 6.10 Å². The average Bonchev–Trinajstić information content (AvgIpc) is 2.08. The minimum atomic E-state index is -1.12. The highest BCUT2D eigenvalue weighted by molar-refractivity contribution is 4.90. The Morgan fingerprint density at radius 1 is 1.08 bits per heavy atom. The van der Waals surface area contributed by atoms with Gasteiger partial charge in [0.2, 0.25) is 0 Å². The van der Waals surface area contributed by atoms with Crippen LogP contribution < -0.4 is 0 Å². The Morgan fingerprint density at radius 3 is 2.17 bits per heavy atom. The second kappa shape index (κ2) is 3.70. The molecule has 0 radical (unpaired) electrons. The third-order valence-corrected chi connectivity index (χ3v) is 2.67. The largest absolute Gasteiger partial charge is 0.396 e. The van der Waals surface area contributed by atoms with Gasteiger partial charge in [-0.05, 0) is 12.3 Å². The van der Waals surface area contributed by atoms with E-state index >= 15 is 0 Å². The van der Waals surface area contributed by atoms with Gasteiger partial charge in [0.25, 0.3) is 0 Å². The number of hydrogen-bond acceptors (Lipinski definition) is 4. The first-order chi connectivity index (χ1) is 5.57. The molecule has 0 spiro atoms. The molecule has 1 aliphatic carbocycles. The zero-order valence-electron chi connectivity index (χ0n) is 7.09. The predicted molar refractivity (Wildman–Crippen MR) is 42.4 cm³/mol. The van der Waals surface area contributed by atoms with Crippen LogP contribution in [0, 0.1) is 11.8 Å². The van der Waals surface area contributed by atoms with Gasteiger partial charge >= 0.3 is 0 Å². The highest BCUT2D eigenvalue weighted by atomic mass is 16.4. The van der Waals surface area contributed by atoms with Crippen LogP contribution in [0.3, 0.4) is 0 Å². The molecule has 4 N–H and O–H groups in total. The highest BCUT2D eigenvalue weighted by Crippen LogP contribution is 2.29. The summed E-state index contributed by atoms with van der Waals surface area (Å²) in [4.78, 5) is 0. The molecule has 72 valence electrons. The molecule has 1 unspecified atom stereocenters. The molecule has 0 aromatic rings. The van der Waals surface area contributed by atoms with E-state index in [0.717, 1.165) is 0 Å².